The molecule has 0 aliphatic carbocycles. The van der Waals surface area contributed by atoms with Crippen molar-refractivity contribution in [1.82, 2.24) is 0 Å². The van der Waals surface area contributed by atoms with Crippen molar-refractivity contribution in [3.8, 4) is 16.9 Å². The van der Waals surface area contributed by atoms with Crippen molar-refractivity contribution in [2.24, 2.45) is 0 Å². The molecule has 0 bridgehead atoms. The van der Waals surface area contributed by atoms with Crippen molar-refractivity contribution in [3.63, 3.8) is 0 Å². The molecule has 2 nitrogen and oxygen atoms in total. The second-order valence-corrected chi connectivity index (χ2v) is 4.58. The summed E-state index contributed by atoms with van der Waals surface area (Å²) in [5.41, 5.74) is 6.70. The smallest absolute Gasteiger partial charge is 0.148 e. The molecule has 2 rings (SSSR count). The fourth-order valence-corrected chi connectivity index (χ4v) is 2.03. The topological polar surface area (TPSA) is 35.2 Å². The molecule has 0 amide bonds. The van der Waals surface area contributed by atoms with Crippen LogP contribution in [0.2, 0.25) is 10.0 Å². The van der Waals surface area contributed by atoms with Crippen molar-refractivity contribution in [2.75, 3.05) is 12.8 Å². The first kappa shape index (κ1) is 13.0. The van der Waals surface area contributed by atoms with E-state index in [0.29, 0.717) is 21.9 Å². The van der Waals surface area contributed by atoms with Gasteiger partial charge in [0.05, 0.1) is 17.8 Å². The molecule has 94 valence electrons. The summed E-state index contributed by atoms with van der Waals surface area (Å²) in [6, 6.07) is 8.01. The SMILES string of the molecule is COc1cc(Cl)cc(-c2cc(F)c(N)c(Cl)c2)c1. The van der Waals surface area contributed by atoms with Gasteiger partial charge < -0.3 is 10.5 Å². The summed E-state index contributed by atoms with van der Waals surface area (Å²) in [7, 11) is 1.53. The van der Waals surface area contributed by atoms with E-state index in [0.717, 1.165) is 0 Å². The maximum atomic E-state index is 13.5. The Morgan fingerprint density at radius 3 is 2.33 bits per heavy atom. The van der Waals surface area contributed by atoms with Gasteiger partial charge in [-0.15, -0.1) is 0 Å². The van der Waals surface area contributed by atoms with Crippen LogP contribution >= 0.6 is 23.2 Å². The van der Waals surface area contributed by atoms with Crippen molar-refractivity contribution < 1.29 is 9.13 Å². The van der Waals surface area contributed by atoms with Crippen molar-refractivity contribution >= 4 is 28.9 Å². The second-order valence-electron chi connectivity index (χ2n) is 3.73. The molecule has 0 fully saturated rings. The van der Waals surface area contributed by atoms with E-state index in [-0.39, 0.29) is 10.7 Å². The molecular weight excluding hydrogens is 276 g/mol. The van der Waals surface area contributed by atoms with Gasteiger partial charge in [-0.25, -0.2) is 4.39 Å². The zero-order valence-electron chi connectivity index (χ0n) is 9.51. The van der Waals surface area contributed by atoms with Crippen LogP contribution in [0.5, 0.6) is 5.75 Å². The zero-order valence-corrected chi connectivity index (χ0v) is 11.0. The van der Waals surface area contributed by atoms with Crippen LogP contribution in [0.1, 0.15) is 0 Å². The molecule has 0 aromatic heterocycles. The van der Waals surface area contributed by atoms with Crippen LogP contribution in [0.4, 0.5) is 10.1 Å². The number of methoxy groups -OCH3 is 1. The van der Waals surface area contributed by atoms with E-state index in [1.165, 1.54) is 13.2 Å². The van der Waals surface area contributed by atoms with Gasteiger partial charge in [0, 0.05) is 5.02 Å². The number of halogens is 3. The molecule has 0 unspecified atom stereocenters. The monoisotopic (exact) mass is 285 g/mol. The Hall–Kier alpha value is -1.45. The maximum absolute atomic E-state index is 13.5. The molecule has 2 aromatic rings. The van der Waals surface area contributed by atoms with Crippen LogP contribution in [0.3, 0.4) is 0 Å². The predicted molar refractivity (Wildman–Crippen MR) is 72.8 cm³/mol. The van der Waals surface area contributed by atoms with Gasteiger partial charge in [-0.3, -0.25) is 0 Å². The van der Waals surface area contributed by atoms with Gasteiger partial charge in [0.1, 0.15) is 11.6 Å². The van der Waals surface area contributed by atoms with Crippen LogP contribution < -0.4 is 10.5 Å². The Morgan fingerprint density at radius 1 is 1.06 bits per heavy atom. The lowest BCUT2D eigenvalue weighted by molar-refractivity contribution is 0.415. The molecule has 2 aromatic carbocycles. The van der Waals surface area contributed by atoms with E-state index in [1.54, 1.807) is 24.3 Å². The molecule has 0 saturated carbocycles. The van der Waals surface area contributed by atoms with Crippen molar-refractivity contribution in [2.45, 2.75) is 0 Å². The third-order valence-corrected chi connectivity index (χ3v) is 3.05. The van der Waals surface area contributed by atoms with Crippen LogP contribution in [0, 0.1) is 5.82 Å². The Labute approximate surface area is 114 Å². The van der Waals surface area contributed by atoms with E-state index in [2.05, 4.69) is 0 Å². The number of benzene rings is 2. The number of nitrogens with two attached hydrogens (primary N) is 1. The Morgan fingerprint density at radius 2 is 1.72 bits per heavy atom. The average Bonchev–Trinajstić information content (AvgIpc) is 2.34. The normalized spacial score (nSPS) is 10.4. The largest absolute Gasteiger partial charge is 0.497 e. The highest BCUT2D eigenvalue weighted by atomic mass is 35.5. The Kier molecular flexibility index (Phi) is 3.64. The Bertz CT molecular complexity index is 579. The van der Waals surface area contributed by atoms with Gasteiger partial charge in [-0.05, 0) is 41.5 Å². The number of hydrogen-bond donors (Lipinski definition) is 1. The van der Waals surface area contributed by atoms with Gasteiger partial charge in [0.15, 0.2) is 0 Å². The molecule has 0 spiro atoms. The summed E-state index contributed by atoms with van der Waals surface area (Å²) < 4.78 is 18.6. The average molecular weight is 286 g/mol. The van der Waals surface area contributed by atoms with Crippen molar-refractivity contribution in [1.29, 1.82) is 0 Å². The van der Waals surface area contributed by atoms with E-state index < -0.39 is 5.82 Å². The molecule has 0 atom stereocenters. The van der Waals surface area contributed by atoms with Gasteiger partial charge in [-0.1, -0.05) is 23.2 Å². The standard InChI is InChI=1S/C13H10Cl2FNO/c1-18-10-3-7(2-9(14)6-10)8-4-11(15)13(17)12(16)5-8/h2-6H,17H2,1H3. The number of anilines is 1. The van der Waals surface area contributed by atoms with Gasteiger partial charge >= 0.3 is 0 Å². The molecule has 0 aliphatic rings. The van der Waals surface area contributed by atoms with Crippen LogP contribution in [0.15, 0.2) is 30.3 Å². The highest BCUT2D eigenvalue weighted by molar-refractivity contribution is 6.33. The summed E-state index contributed by atoms with van der Waals surface area (Å²) in [5, 5.41) is 0.668. The van der Waals surface area contributed by atoms with Crippen LogP contribution in [-0.2, 0) is 0 Å². The lowest BCUT2D eigenvalue weighted by Crippen LogP contribution is -1.93. The molecular formula is C13H10Cl2FNO. The second kappa shape index (κ2) is 5.04. The summed E-state index contributed by atoms with van der Waals surface area (Å²) in [5.74, 6) is 0.0299. The van der Waals surface area contributed by atoms with E-state index in [9.17, 15) is 4.39 Å². The molecule has 0 heterocycles. The van der Waals surface area contributed by atoms with Crippen molar-refractivity contribution in [3.05, 3.63) is 46.2 Å². The minimum atomic E-state index is -0.559. The van der Waals surface area contributed by atoms with Gasteiger partial charge in [-0.2, -0.15) is 0 Å². The van der Waals surface area contributed by atoms with Crippen LogP contribution in [0.25, 0.3) is 11.1 Å². The molecule has 0 radical (unpaired) electrons. The maximum Gasteiger partial charge on any atom is 0.148 e. The summed E-state index contributed by atoms with van der Waals surface area (Å²) in [6.07, 6.45) is 0. The number of hydrogen-bond acceptors (Lipinski definition) is 2. The summed E-state index contributed by atoms with van der Waals surface area (Å²) in [4.78, 5) is 0. The molecule has 0 saturated heterocycles. The first-order valence-electron chi connectivity index (χ1n) is 5.10. The first-order valence-corrected chi connectivity index (χ1v) is 5.86. The van der Waals surface area contributed by atoms with Gasteiger partial charge in [0.2, 0.25) is 0 Å². The van der Waals surface area contributed by atoms with Gasteiger partial charge in [0.25, 0.3) is 0 Å². The molecule has 0 aliphatic heterocycles. The number of rotatable bonds is 2. The minimum absolute atomic E-state index is 0.0607. The minimum Gasteiger partial charge on any atom is -0.497 e. The summed E-state index contributed by atoms with van der Waals surface area (Å²) in [6.45, 7) is 0. The van der Waals surface area contributed by atoms with E-state index in [4.69, 9.17) is 33.7 Å². The highest BCUT2D eigenvalue weighted by Crippen LogP contribution is 2.33. The summed E-state index contributed by atoms with van der Waals surface area (Å²) >= 11 is 11.8. The van der Waals surface area contributed by atoms with E-state index >= 15 is 0 Å². The first-order chi connectivity index (χ1) is 8.51. The quantitative estimate of drug-likeness (QED) is 0.831. The number of ether oxygens (including phenoxy) is 1. The number of nitrogen functional groups attached to an aromatic ring is 1. The van der Waals surface area contributed by atoms with Crippen LogP contribution in [-0.4, -0.2) is 7.11 Å². The molecule has 5 heteroatoms. The zero-order chi connectivity index (χ0) is 13.3. The fourth-order valence-electron chi connectivity index (χ4n) is 1.60. The Balaban J connectivity index is 2.58. The highest BCUT2D eigenvalue weighted by Gasteiger charge is 2.09. The molecule has 18 heavy (non-hydrogen) atoms. The predicted octanol–water partition coefficient (Wildman–Crippen LogP) is 4.39. The molecule has 2 N–H and O–H groups in total. The third-order valence-electron chi connectivity index (χ3n) is 2.52. The lowest BCUT2D eigenvalue weighted by atomic mass is 10.0. The fraction of sp³-hybridized carbons (Fsp3) is 0.0769. The van der Waals surface area contributed by atoms with E-state index in [1.807, 2.05) is 0 Å². The lowest BCUT2D eigenvalue weighted by Gasteiger charge is -2.08. The third kappa shape index (κ3) is 2.52.